The van der Waals surface area contributed by atoms with E-state index in [1.165, 1.54) is 4.88 Å². The van der Waals surface area contributed by atoms with Crippen LogP contribution in [0, 0.1) is 6.92 Å². The summed E-state index contributed by atoms with van der Waals surface area (Å²) in [4.78, 5) is 1.32. The predicted octanol–water partition coefficient (Wildman–Crippen LogP) is 2.23. The van der Waals surface area contributed by atoms with Crippen LogP contribution in [0.5, 0.6) is 0 Å². The molecule has 13 heavy (non-hydrogen) atoms. The molecule has 1 radical (unpaired) electrons. The van der Waals surface area contributed by atoms with Gasteiger partial charge < -0.3 is 10.1 Å². The second-order valence-corrected chi connectivity index (χ2v) is 3.93. The second-order valence-electron chi connectivity index (χ2n) is 2.98. The van der Waals surface area contributed by atoms with Gasteiger partial charge in [-0.25, -0.2) is 0 Å². The van der Waals surface area contributed by atoms with Gasteiger partial charge >= 0.3 is 0 Å². The topological polar surface area (TPSA) is 21.3 Å². The molecule has 0 aliphatic carbocycles. The van der Waals surface area contributed by atoms with Crippen LogP contribution in [0.25, 0.3) is 0 Å². The highest BCUT2D eigenvalue weighted by Gasteiger charge is 2.07. The molecule has 1 atom stereocenters. The molecule has 3 heteroatoms. The number of nitrogens with one attached hydrogen (secondary N) is 1. The Labute approximate surface area is 83.9 Å². The Bertz CT molecular complexity index is 247. The van der Waals surface area contributed by atoms with Crippen molar-refractivity contribution in [2.45, 2.75) is 13.0 Å². The zero-order valence-corrected chi connectivity index (χ0v) is 8.99. The van der Waals surface area contributed by atoms with Gasteiger partial charge in [-0.15, -0.1) is 11.3 Å². The number of ether oxygens (including phenoxy) is 1. The maximum Gasteiger partial charge on any atom is 0.0587 e. The van der Waals surface area contributed by atoms with Crippen LogP contribution in [-0.2, 0) is 4.74 Å². The van der Waals surface area contributed by atoms with E-state index in [0.29, 0.717) is 6.04 Å². The number of hydrogen-bond acceptors (Lipinski definition) is 3. The molecule has 0 fully saturated rings. The van der Waals surface area contributed by atoms with Crippen LogP contribution in [0.2, 0.25) is 0 Å². The molecule has 0 saturated carbocycles. The molecule has 0 aliphatic heterocycles. The first-order chi connectivity index (χ1) is 6.25. The highest BCUT2D eigenvalue weighted by Crippen LogP contribution is 2.22. The molecule has 1 aromatic rings. The molecule has 1 rings (SSSR count). The predicted molar refractivity (Wildman–Crippen MR) is 57.1 cm³/mol. The minimum Gasteiger partial charge on any atom is -0.383 e. The maximum atomic E-state index is 4.97. The Hall–Kier alpha value is -0.380. The number of thiophene rings is 1. The summed E-state index contributed by atoms with van der Waals surface area (Å²) < 4.78 is 4.97. The number of rotatable bonds is 5. The average molecular weight is 198 g/mol. The van der Waals surface area contributed by atoms with Gasteiger partial charge in [-0.2, -0.15) is 0 Å². The monoisotopic (exact) mass is 198 g/mol. The Morgan fingerprint density at radius 2 is 2.46 bits per heavy atom. The summed E-state index contributed by atoms with van der Waals surface area (Å²) in [6.07, 6.45) is 0. The molecule has 0 bridgehead atoms. The quantitative estimate of drug-likeness (QED) is 0.733. The van der Waals surface area contributed by atoms with E-state index in [1.54, 1.807) is 18.4 Å². The lowest BCUT2D eigenvalue weighted by Crippen LogP contribution is -2.22. The van der Waals surface area contributed by atoms with E-state index in [-0.39, 0.29) is 0 Å². The molecule has 0 saturated heterocycles. The number of hydrogen-bond donors (Lipinski definition) is 1. The Morgan fingerprint density at radius 1 is 1.69 bits per heavy atom. The van der Waals surface area contributed by atoms with E-state index < -0.39 is 0 Å². The zero-order chi connectivity index (χ0) is 9.68. The highest BCUT2D eigenvalue weighted by atomic mass is 32.1. The van der Waals surface area contributed by atoms with Gasteiger partial charge in [-0.1, -0.05) is 0 Å². The van der Waals surface area contributed by atoms with Gasteiger partial charge in [0.1, 0.15) is 0 Å². The third-order valence-electron chi connectivity index (χ3n) is 1.93. The van der Waals surface area contributed by atoms with Crippen LogP contribution in [0.15, 0.2) is 11.4 Å². The molecule has 0 amide bonds. The van der Waals surface area contributed by atoms with Crippen molar-refractivity contribution in [1.29, 1.82) is 0 Å². The lowest BCUT2D eigenvalue weighted by molar-refractivity contribution is 0.196. The second kappa shape index (κ2) is 5.37. The normalized spacial score (nSPS) is 13.2. The summed E-state index contributed by atoms with van der Waals surface area (Å²) in [6.45, 7) is 7.75. The van der Waals surface area contributed by atoms with Crippen LogP contribution in [-0.4, -0.2) is 20.3 Å². The van der Waals surface area contributed by atoms with Crippen molar-refractivity contribution in [3.63, 3.8) is 0 Å². The third-order valence-corrected chi connectivity index (χ3v) is 3.07. The number of methoxy groups -OCH3 is 1. The van der Waals surface area contributed by atoms with E-state index in [9.17, 15) is 0 Å². The first-order valence-electron chi connectivity index (χ1n) is 4.37. The summed E-state index contributed by atoms with van der Waals surface area (Å²) >= 11 is 1.75. The fraction of sp³-hybridized carbons (Fsp3) is 0.500. The van der Waals surface area contributed by atoms with Gasteiger partial charge in [0.05, 0.1) is 6.61 Å². The molecule has 1 aromatic heterocycles. The molecule has 1 heterocycles. The van der Waals surface area contributed by atoms with E-state index in [0.717, 1.165) is 18.7 Å². The first-order valence-corrected chi connectivity index (χ1v) is 5.25. The summed E-state index contributed by atoms with van der Waals surface area (Å²) in [7, 11) is 1.71. The summed E-state index contributed by atoms with van der Waals surface area (Å²) in [6, 6.07) is 2.43. The van der Waals surface area contributed by atoms with Crippen molar-refractivity contribution in [2.24, 2.45) is 0 Å². The highest BCUT2D eigenvalue weighted by molar-refractivity contribution is 7.10. The SMILES string of the molecule is [CH2]c1ccsc1C(C)NCCOC. The molecular weight excluding hydrogens is 182 g/mol. The molecule has 0 spiro atoms. The molecular formula is C10H16NOS. The summed E-state index contributed by atoms with van der Waals surface area (Å²) in [5.74, 6) is 0. The molecule has 2 nitrogen and oxygen atoms in total. The zero-order valence-electron chi connectivity index (χ0n) is 8.17. The van der Waals surface area contributed by atoms with E-state index >= 15 is 0 Å². The smallest absolute Gasteiger partial charge is 0.0587 e. The molecule has 0 aromatic carbocycles. The van der Waals surface area contributed by atoms with Crippen LogP contribution < -0.4 is 5.32 Å². The van der Waals surface area contributed by atoms with Crippen LogP contribution in [0.3, 0.4) is 0 Å². The maximum absolute atomic E-state index is 4.97. The van der Waals surface area contributed by atoms with Gasteiger partial charge in [0.15, 0.2) is 0 Å². The summed E-state index contributed by atoms with van der Waals surface area (Å²) in [5.41, 5.74) is 1.13. The Kier molecular flexibility index (Phi) is 4.42. The Balaban J connectivity index is 2.39. The third kappa shape index (κ3) is 3.10. The van der Waals surface area contributed by atoms with Crippen molar-refractivity contribution in [3.05, 3.63) is 28.8 Å². The van der Waals surface area contributed by atoms with Gasteiger partial charge in [0.2, 0.25) is 0 Å². The van der Waals surface area contributed by atoms with E-state index in [2.05, 4.69) is 30.6 Å². The van der Waals surface area contributed by atoms with Crippen molar-refractivity contribution >= 4 is 11.3 Å². The van der Waals surface area contributed by atoms with Crippen LogP contribution in [0.1, 0.15) is 23.4 Å². The van der Waals surface area contributed by atoms with E-state index in [1.807, 2.05) is 0 Å². The minimum absolute atomic E-state index is 0.377. The molecule has 73 valence electrons. The van der Waals surface area contributed by atoms with Crippen molar-refractivity contribution < 1.29 is 4.74 Å². The summed E-state index contributed by atoms with van der Waals surface area (Å²) in [5, 5.41) is 5.45. The van der Waals surface area contributed by atoms with Gasteiger partial charge in [-0.05, 0) is 30.9 Å². The fourth-order valence-electron chi connectivity index (χ4n) is 1.20. The average Bonchev–Trinajstić information content (AvgIpc) is 2.52. The fourth-order valence-corrected chi connectivity index (χ4v) is 2.08. The first kappa shape index (κ1) is 10.7. The van der Waals surface area contributed by atoms with Gasteiger partial charge in [-0.3, -0.25) is 0 Å². The molecule has 0 aliphatic rings. The van der Waals surface area contributed by atoms with Crippen molar-refractivity contribution in [2.75, 3.05) is 20.3 Å². The van der Waals surface area contributed by atoms with Gasteiger partial charge in [0.25, 0.3) is 0 Å². The van der Waals surface area contributed by atoms with Crippen molar-refractivity contribution in [1.82, 2.24) is 5.32 Å². The Morgan fingerprint density at radius 3 is 3.00 bits per heavy atom. The van der Waals surface area contributed by atoms with E-state index in [4.69, 9.17) is 4.74 Å². The van der Waals surface area contributed by atoms with Crippen LogP contribution in [0.4, 0.5) is 0 Å². The largest absolute Gasteiger partial charge is 0.383 e. The lowest BCUT2D eigenvalue weighted by Gasteiger charge is -2.12. The molecule has 1 N–H and O–H groups in total. The standard InChI is InChI=1S/C10H16NOS/c1-8-4-7-13-10(8)9(2)11-5-6-12-3/h4,7,9,11H,1,5-6H2,2-3H3. The van der Waals surface area contributed by atoms with Gasteiger partial charge in [0, 0.05) is 24.6 Å². The minimum atomic E-state index is 0.377. The molecule has 1 unspecified atom stereocenters. The van der Waals surface area contributed by atoms with Crippen molar-refractivity contribution in [3.8, 4) is 0 Å². The van der Waals surface area contributed by atoms with Crippen LogP contribution >= 0.6 is 11.3 Å². The lowest BCUT2D eigenvalue weighted by atomic mass is 10.2.